The molecule has 0 atom stereocenters. The van der Waals surface area contributed by atoms with Crippen LogP contribution >= 0.6 is 11.3 Å². The van der Waals surface area contributed by atoms with Crippen molar-refractivity contribution >= 4 is 59.1 Å². The first-order valence-electron chi connectivity index (χ1n) is 14.2. The highest BCUT2D eigenvalue weighted by Crippen LogP contribution is 2.42. The van der Waals surface area contributed by atoms with Gasteiger partial charge in [0.2, 0.25) is 10.0 Å². The van der Waals surface area contributed by atoms with Crippen LogP contribution in [0.1, 0.15) is 6.42 Å². The fourth-order valence-electron chi connectivity index (χ4n) is 5.30. The van der Waals surface area contributed by atoms with Crippen LogP contribution in [0, 0.1) is 0 Å². The van der Waals surface area contributed by atoms with Crippen LogP contribution < -0.4 is 8.49 Å². The highest BCUT2D eigenvalue weighted by atomic mass is 32.3. The Hall–Kier alpha value is -4.23. The average Bonchev–Trinajstić information content (AvgIpc) is 3.70. The Morgan fingerprint density at radius 2 is 1.62 bits per heavy atom. The predicted molar refractivity (Wildman–Crippen MR) is 182 cm³/mol. The van der Waals surface area contributed by atoms with Gasteiger partial charge in [0.15, 0.2) is 4.21 Å². The van der Waals surface area contributed by atoms with Crippen molar-refractivity contribution in [2.75, 3.05) is 37.7 Å². The van der Waals surface area contributed by atoms with Crippen LogP contribution in [-0.4, -0.2) is 65.1 Å². The predicted octanol–water partition coefficient (Wildman–Crippen LogP) is 6.60. The molecule has 0 saturated heterocycles. The number of nitrogens with zero attached hydrogens (tertiary/aromatic N) is 3. The van der Waals surface area contributed by atoms with Gasteiger partial charge in [-0.05, 0) is 80.0 Å². The summed E-state index contributed by atoms with van der Waals surface area (Å²) in [5.74, 6) is 0.253. The van der Waals surface area contributed by atoms with E-state index in [2.05, 4.69) is 4.98 Å². The molecule has 12 heteroatoms. The number of aromatic amines is 1. The number of pyridine rings is 1. The van der Waals surface area contributed by atoms with Crippen molar-refractivity contribution in [3.63, 3.8) is 0 Å². The van der Waals surface area contributed by atoms with Crippen molar-refractivity contribution in [2.45, 2.75) is 10.6 Å². The lowest BCUT2D eigenvalue weighted by molar-refractivity contribution is 0.408. The minimum absolute atomic E-state index is 0.0586. The molecule has 0 aliphatic carbocycles. The van der Waals surface area contributed by atoms with E-state index in [9.17, 15) is 16.8 Å². The first-order valence-corrected chi connectivity index (χ1v) is 18.1. The average molecular weight is 661 g/mol. The summed E-state index contributed by atoms with van der Waals surface area (Å²) in [6, 6.07) is 25.6. The molecular formula is C33H32N4O5S3. The third-order valence-electron chi connectivity index (χ3n) is 7.57. The molecule has 0 aliphatic heterocycles. The maximum atomic E-state index is 13.0. The number of H-pyrrole nitrogens is 1. The number of nitrogens with one attached hydrogen (secondary N) is 1. The summed E-state index contributed by atoms with van der Waals surface area (Å²) in [6.07, 6.45) is 2.34. The van der Waals surface area contributed by atoms with Gasteiger partial charge in [0, 0.05) is 40.7 Å². The molecule has 6 rings (SSSR count). The van der Waals surface area contributed by atoms with Crippen LogP contribution in [0.3, 0.4) is 0 Å². The topological polar surface area (TPSA) is 113 Å². The van der Waals surface area contributed by atoms with Gasteiger partial charge in [-0.2, -0.15) is 8.42 Å². The molecule has 0 amide bonds. The number of anilines is 1. The quantitative estimate of drug-likeness (QED) is 0.156. The molecule has 0 aliphatic rings. The largest absolute Gasteiger partial charge is 0.378 e. The van der Waals surface area contributed by atoms with Crippen LogP contribution in [0.5, 0.6) is 5.75 Å². The molecule has 3 heterocycles. The maximum absolute atomic E-state index is 13.0. The molecule has 0 spiro atoms. The summed E-state index contributed by atoms with van der Waals surface area (Å²) >= 11 is 1.10. The first kappa shape index (κ1) is 30.8. The number of benzene rings is 3. The van der Waals surface area contributed by atoms with E-state index in [1.807, 2.05) is 61.5 Å². The van der Waals surface area contributed by atoms with Crippen LogP contribution in [0.4, 0.5) is 5.69 Å². The standard InChI is InChI=1S/C33H32N4O5S3/c1-36(2)18-8-20-44(38,39)37(3)25-14-12-23(13-15-25)28-22-34-33-32(31(28)24-9-5-4-6-10-24)27-21-26(16-17-29(27)35-33)42-45(40,41)30-11-7-19-43-30/h4-7,9-17,19,21-22H,8,18,20H2,1-3H3,(H,34,35). The third-order valence-corrected chi connectivity index (χ3v) is 12.0. The number of hydrogen-bond donors (Lipinski definition) is 1. The van der Waals surface area contributed by atoms with Crippen molar-refractivity contribution in [1.29, 1.82) is 0 Å². The second-order valence-corrected chi connectivity index (χ2v) is 15.8. The van der Waals surface area contributed by atoms with E-state index in [1.165, 1.54) is 10.4 Å². The number of hydrogen-bond acceptors (Lipinski definition) is 8. The van der Waals surface area contributed by atoms with Gasteiger partial charge in [0.1, 0.15) is 11.4 Å². The van der Waals surface area contributed by atoms with E-state index in [1.54, 1.807) is 55.0 Å². The molecule has 232 valence electrons. The molecular weight excluding hydrogens is 629 g/mol. The summed E-state index contributed by atoms with van der Waals surface area (Å²) in [6.45, 7) is 0.690. The SMILES string of the molecule is CN(C)CCCS(=O)(=O)N(C)c1ccc(-c2cnc3[nH]c4ccc(OS(=O)(=O)c5cccs5)cc4c3c2-c2ccccc2)cc1. The molecule has 0 unspecified atom stereocenters. The fraction of sp³-hybridized carbons (Fsp3) is 0.182. The molecule has 9 nitrogen and oxygen atoms in total. The van der Waals surface area contributed by atoms with Gasteiger partial charge in [-0.15, -0.1) is 11.3 Å². The Morgan fingerprint density at radius 3 is 2.31 bits per heavy atom. The zero-order chi connectivity index (χ0) is 31.8. The second-order valence-electron chi connectivity index (χ2n) is 10.9. The van der Waals surface area contributed by atoms with Gasteiger partial charge < -0.3 is 14.1 Å². The van der Waals surface area contributed by atoms with Gasteiger partial charge in [-0.1, -0.05) is 48.5 Å². The monoisotopic (exact) mass is 660 g/mol. The van der Waals surface area contributed by atoms with Crippen molar-refractivity contribution < 1.29 is 21.0 Å². The van der Waals surface area contributed by atoms with Crippen LogP contribution in [0.25, 0.3) is 44.2 Å². The Balaban J connectivity index is 1.43. The number of aromatic nitrogens is 2. The Bertz CT molecular complexity index is 2180. The van der Waals surface area contributed by atoms with E-state index in [0.717, 1.165) is 49.9 Å². The van der Waals surface area contributed by atoms with Gasteiger partial charge in [-0.25, -0.2) is 13.4 Å². The number of sulfonamides is 1. The van der Waals surface area contributed by atoms with E-state index in [-0.39, 0.29) is 15.7 Å². The van der Waals surface area contributed by atoms with Gasteiger partial charge in [0.05, 0.1) is 11.4 Å². The normalized spacial score (nSPS) is 12.3. The lowest BCUT2D eigenvalue weighted by Gasteiger charge is -2.20. The minimum atomic E-state index is -3.98. The Morgan fingerprint density at radius 1 is 0.867 bits per heavy atom. The Labute approximate surface area is 266 Å². The minimum Gasteiger partial charge on any atom is -0.378 e. The molecule has 0 radical (unpaired) electrons. The first-order chi connectivity index (χ1) is 21.5. The van der Waals surface area contributed by atoms with Crippen molar-refractivity contribution in [3.05, 3.63) is 96.5 Å². The second kappa shape index (κ2) is 12.3. The highest BCUT2D eigenvalue weighted by Gasteiger charge is 2.22. The molecule has 3 aromatic carbocycles. The number of rotatable bonds is 11. The lowest BCUT2D eigenvalue weighted by Crippen LogP contribution is -2.30. The zero-order valence-electron chi connectivity index (χ0n) is 25.0. The van der Waals surface area contributed by atoms with E-state index in [4.69, 9.17) is 9.17 Å². The molecule has 6 aromatic rings. The van der Waals surface area contributed by atoms with Crippen LogP contribution in [-0.2, 0) is 20.1 Å². The maximum Gasteiger partial charge on any atom is 0.348 e. The molecule has 0 bridgehead atoms. The van der Waals surface area contributed by atoms with Crippen molar-refractivity contribution in [2.24, 2.45) is 0 Å². The highest BCUT2D eigenvalue weighted by molar-refractivity contribution is 7.92. The van der Waals surface area contributed by atoms with E-state index >= 15 is 0 Å². The molecule has 45 heavy (non-hydrogen) atoms. The molecule has 1 N–H and O–H groups in total. The van der Waals surface area contributed by atoms with Gasteiger partial charge >= 0.3 is 10.1 Å². The van der Waals surface area contributed by atoms with E-state index in [0.29, 0.717) is 24.3 Å². The molecule has 0 fully saturated rings. The third kappa shape index (κ3) is 6.32. The number of thiophene rings is 1. The zero-order valence-corrected chi connectivity index (χ0v) is 27.4. The van der Waals surface area contributed by atoms with Gasteiger partial charge in [-0.3, -0.25) is 4.31 Å². The summed E-state index contributed by atoms with van der Waals surface area (Å²) < 4.78 is 58.7. The van der Waals surface area contributed by atoms with E-state index < -0.39 is 20.1 Å². The smallest absolute Gasteiger partial charge is 0.348 e. The van der Waals surface area contributed by atoms with Gasteiger partial charge in [0.25, 0.3) is 0 Å². The summed E-state index contributed by atoms with van der Waals surface area (Å²) in [5, 5.41) is 3.27. The summed E-state index contributed by atoms with van der Waals surface area (Å²) in [7, 11) is -2.03. The lowest BCUT2D eigenvalue weighted by atomic mass is 9.92. The number of fused-ring (bicyclic) bond motifs is 3. The molecule has 0 saturated carbocycles. The van der Waals surface area contributed by atoms with Crippen molar-refractivity contribution in [3.8, 4) is 28.0 Å². The summed E-state index contributed by atoms with van der Waals surface area (Å²) in [5.41, 5.74) is 5.54. The van der Waals surface area contributed by atoms with Crippen LogP contribution in [0.15, 0.2) is 101 Å². The Kier molecular flexibility index (Phi) is 8.40. The van der Waals surface area contributed by atoms with Crippen LogP contribution in [0.2, 0.25) is 0 Å². The summed E-state index contributed by atoms with van der Waals surface area (Å²) in [4.78, 5) is 10.1. The fourth-order valence-corrected chi connectivity index (χ4v) is 8.38. The molecule has 3 aromatic heterocycles. The van der Waals surface area contributed by atoms with Crippen molar-refractivity contribution in [1.82, 2.24) is 14.9 Å².